The Kier molecular flexibility index (Phi) is 2.86. The molecule has 0 aliphatic rings. The van der Waals surface area contributed by atoms with E-state index in [0.717, 1.165) is 10.3 Å². The number of nitrogens with two attached hydrogens (primary N) is 1. The van der Waals surface area contributed by atoms with Gasteiger partial charge in [-0.15, -0.1) is 0 Å². The molecule has 1 heterocycles. The Bertz CT molecular complexity index is 274. The molecule has 0 amide bonds. The van der Waals surface area contributed by atoms with Gasteiger partial charge in [0.2, 0.25) is 5.95 Å². The molecule has 0 bridgehead atoms. The first-order chi connectivity index (χ1) is 5.59. The monoisotopic (exact) mass is 230 g/mol. The number of hydrogen-bond acceptors (Lipinski definition) is 4. The highest BCUT2D eigenvalue weighted by atomic mass is 79.9. The summed E-state index contributed by atoms with van der Waals surface area (Å²) in [5, 5.41) is 3.14. The minimum atomic E-state index is 0.279. The fraction of sp³-hybridized carbons (Fsp3) is 0.429. The van der Waals surface area contributed by atoms with Gasteiger partial charge in [0.15, 0.2) is 0 Å². The van der Waals surface area contributed by atoms with E-state index < -0.39 is 0 Å². The lowest BCUT2D eigenvalue weighted by atomic mass is 10.4. The Labute approximate surface area is 79.7 Å². The highest BCUT2D eigenvalue weighted by Gasteiger charge is 2.03. The number of aromatic nitrogens is 2. The summed E-state index contributed by atoms with van der Waals surface area (Å²) in [7, 11) is 0. The van der Waals surface area contributed by atoms with Gasteiger partial charge < -0.3 is 11.1 Å². The number of nitrogens with zero attached hydrogens (tertiary/aromatic N) is 2. The Hall–Kier alpha value is -0.840. The van der Waals surface area contributed by atoms with Crippen molar-refractivity contribution >= 4 is 27.7 Å². The number of rotatable bonds is 2. The summed E-state index contributed by atoms with van der Waals surface area (Å²) in [6, 6.07) is 0.329. The van der Waals surface area contributed by atoms with Crippen LogP contribution >= 0.6 is 15.9 Å². The topological polar surface area (TPSA) is 63.8 Å². The van der Waals surface area contributed by atoms with Gasteiger partial charge in [0.05, 0.1) is 4.47 Å². The SMILES string of the molecule is CC(C)Nc1nc(N)ncc1Br. The molecule has 0 saturated carbocycles. The Morgan fingerprint density at radius 3 is 2.83 bits per heavy atom. The van der Waals surface area contributed by atoms with Crippen LogP contribution in [0.25, 0.3) is 0 Å². The lowest BCUT2D eigenvalue weighted by Gasteiger charge is -2.10. The van der Waals surface area contributed by atoms with Crippen LogP contribution in [0.5, 0.6) is 0 Å². The maximum absolute atomic E-state index is 5.42. The van der Waals surface area contributed by atoms with E-state index in [9.17, 15) is 0 Å². The van der Waals surface area contributed by atoms with Gasteiger partial charge >= 0.3 is 0 Å². The van der Waals surface area contributed by atoms with E-state index in [4.69, 9.17) is 5.73 Å². The van der Waals surface area contributed by atoms with Gasteiger partial charge in [-0.1, -0.05) is 0 Å². The minimum absolute atomic E-state index is 0.279. The predicted octanol–water partition coefficient (Wildman–Crippen LogP) is 1.64. The van der Waals surface area contributed by atoms with Crippen LogP contribution in [-0.4, -0.2) is 16.0 Å². The van der Waals surface area contributed by atoms with Crippen LogP contribution in [0.4, 0.5) is 11.8 Å². The highest BCUT2D eigenvalue weighted by Crippen LogP contribution is 2.19. The second-order valence-electron chi connectivity index (χ2n) is 2.72. The quantitative estimate of drug-likeness (QED) is 0.812. The van der Waals surface area contributed by atoms with Crippen molar-refractivity contribution in [1.82, 2.24) is 9.97 Å². The van der Waals surface area contributed by atoms with Crippen LogP contribution in [0.2, 0.25) is 0 Å². The molecule has 0 aliphatic carbocycles. The normalized spacial score (nSPS) is 10.3. The van der Waals surface area contributed by atoms with Crippen molar-refractivity contribution in [3.8, 4) is 0 Å². The third kappa shape index (κ3) is 2.34. The van der Waals surface area contributed by atoms with Gasteiger partial charge in [0.1, 0.15) is 5.82 Å². The maximum Gasteiger partial charge on any atom is 0.221 e. The summed E-state index contributed by atoms with van der Waals surface area (Å²) < 4.78 is 0.824. The summed E-state index contributed by atoms with van der Waals surface area (Å²) in [5.74, 6) is 1.01. The standard InChI is InChI=1S/C7H11BrN4/c1-4(2)11-6-5(8)3-10-7(9)12-6/h3-4H,1-2H3,(H3,9,10,11,12). The summed E-state index contributed by atoms with van der Waals surface area (Å²) in [6.07, 6.45) is 1.63. The average Bonchev–Trinajstić information content (AvgIpc) is 1.96. The first-order valence-electron chi connectivity index (χ1n) is 3.64. The largest absolute Gasteiger partial charge is 0.368 e. The van der Waals surface area contributed by atoms with Crippen LogP contribution in [0.15, 0.2) is 10.7 Å². The summed E-state index contributed by atoms with van der Waals surface area (Å²) >= 11 is 3.32. The molecule has 0 unspecified atom stereocenters. The molecule has 1 aromatic rings. The van der Waals surface area contributed by atoms with E-state index in [1.165, 1.54) is 0 Å². The van der Waals surface area contributed by atoms with Crippen molar-refractivity contribution in [2.45, 2.75) is 19.9 Å². The minimum Gasteiger partial charge on any atom is -0.368 e. The second-order valence-corrected chi connectivity index (χ2v) is 3.58. The van der Waals surface area contributed by atoms with Gasteiger partial charge in [-0.05, 0) is 29.8 Å². The molecule has 12 heavy (non-hydrogen) atoms. The zero-order valence-corrected chi connectivity index (χ0v) is 8.59. The molecular weight excluding hydrogens is 220 g/mol. The Balaban J connectivity index is 2.90. The molecular formula is C7H11BrN4. The smallest absolute Gasteiger partial charge is 0.221 e. The van der Waals surface area contributed by atoms with Crippen LogP contribution in [0.1, 0.15) is 13.8 Å². The van der Waals surface area contributed by atoms with Crippen molar-refractivity contribution in [1.29, 1.82) is 0 Å². The maximum atomic E-state index is 5.42. The second kappa shape index (κ2) is 3.71. The molecule has 0 radical (unpaired) electrons. The highest BCUT2D eigenvalue weighted by molar-refractivity contribution is 9.10. The molecule has 0 aliphatic heterocycles. The molecule has 0 saturated heterocycles. The van der Waals surface area contributed by atoms with Gasteiger partial charge in [-0.3, -0.25) is 0 Å². The van der Waals surface area contributed by atoms with E-state index in [2.05, 4.69) is 31.2 Å². The average molecular weight is 231 g/mol. The van der Waals surface area contributed by atoms with Crippen LogP contribution < -0.4 is 11.1 Å². The number of halogens is 1. The van der Waals surface area contributed by atoms with E-state index in [-0.39, 0.29) is 5.95 Å². The molecule has 1 aromatic heterocycles. The van der Waals surface area contributed by atoms with E-state index in [1.54, 1.807) is 6.20 Å². The Morgan fingerprint density at radius 1 is 1.58 bits per heavy atom. The zero-order valence-electron chi connectivity index (χ0n) is 7.00. The molecule has 3 N–H and O–H groups in total. The van der Waals surface area contributed by atoms with E-state index in [0.29, 0.717) is 6.04 Å². The molecule has 5 heteroatoms. The summed E-state index contributed by atoms with van der Waals surface area (Å²) in [4.78, 5) is 7.85. The number of anilines is 2. The van der Waals surface area contributed by atoms with Crippen LogP contribution in [-0.2, 0) is 0 Å². The lowest BCUT2D eigenvalue weighted by Crippen LogP contribution is -2.12. The van der Waals surface area contributed by atoms with Crippen LogP contribution in [0, 0.1) is 0 Å². The zero-order chi connectivity index (χ0) is 9.14. The van der Waals surface area contributed by atoms with E-state index >= 15 is 0 Å². The van der Waals surface area contributed by atoms with Gasteiger partial charge in [-0.25, -0.2) is 4.98 Å². The van der Waals surface area contributed by atoms with Crippen molar-refractivity contribution in [2.24, 2.45) is 0 Å². The molecule has 1 rings (SSSR count). The third-order valence-corrected chi connectivity index (χ3v) is 1.77. The summed E-state index contributed by atoms with van der Waals surface area (Å²) in [5.41, 5.74) is 5.42. The fourth-order valence-corrected chi connectivity index (χ4v) is 1.06. The number of nitrogen functional groups attached to an aromatic ring is 1. The van der Waals surface area contributed by atoms with Crippen molar-refractivity contribution in [2.75, 3.05) is 11.1 Å². The molecule has 0 aromatic carbocycles. The van der Waals surface area contributed by atoms with Crippen molar-refractivity contribution < 1.29 is 0 Å². The van der Waals surface area contributed by atoms with E-state index in [1.807, 2.05) is 13.8 Å². The Morgan fingerprint density at radius 2 is 2.25 bits per heavy atom. The molecule has 4 nitrogen and oxygen atoms in total. The molecule has 0 atom stereocenters. The van der Waals surface area contributed by atoms with Crippen molar-refractivity contribution in [3.63, 3.8) is 0 Å². The number of nitrogens with one attached hydrogen (secondary N) is 1. The lowest BCUT2D eigenvalue weighted by molar-refractivity contribution is 0.885. The van der Waals surface area contributed by atoms with Gasteiger partial charge in [0.25, 0.3) is 0 Å². The molecule has 0 fully saturated rings. The van der Waals surface area contributed by atoms with Crippen LogP contribution in [0.3, 0.4) is 0 Å². The first kappa shape index (κ1) is 9.25. The molecule has 0 spiro atoms. The fourth-order valence-electron chi connectivity index (χ4n) is 0.755. The first-order valence-corrected chi connectivity index (χ1v) is 4.43. The van der Waals surface area contributed by atoms with Gasteiger partial charge in [0, 0.05) is 12.2 Å². The van der Waals surface area contributed by atoms with Crippen molar-refractivity contribution in [3.05, 3.63) is 10.7 Å². The van der Waals surface area contributed by atoms with Gasteiger partial charge in [-0.2, -0.15) is 4.98 Å². The predicted molar refractivity (Wildman–Crippen MR) is 52.9 cm³/mol. The third-order valence-electron chi connectivity index (χ3n) is 1.19. The number of hydrogen-bond donors (Lipinski definition) is 2. The molecule has 66 valence electrons. The summed E-state index contributed by atoms with van der Waals surface area (Å²) in [6.45, 7) is 4.06.